The summed E-state index contributed by atoms with van der Waals surface area (Å²) in [6, 6.07) is 0. The smallest absolute Gasteiger partial charge is 0.0361 e. The number of hydrazone groups is 1. The Morgan fingerprint density at radius 3 is 3.00 bits per heavy atom. The predicted molar refractivity (Wildman–Crippen MR) is 59.0 cm³/mol. The Balaban J connectivity index is 1.94. The van der Waals surface area contributed by atoms with Crippen molar-refractivity contribution in [3.63, 3.8) is 0 Å². The van der Waals surface area contributed by atoms with Gasteiger partial charge in [0.2, 0.25) is 0 Å². The number of nitrogens with one attached hydrogen (secondary N) is 1. The molecule has 0 spiro atoms. The third-order valence-electron chi connectivity index (χ3n) is 3.87. The Bertz CT molecular complexity index is 215. The van der Waals surface area contributed by atoms with Gasteiger partial charge >= 0.3 is 0 Å². The van der Waals surface area contributed by atoms with Gasteiger partial charge < -0.3 is 11.2 Å². The molecule has 1 aliphatic carbocycles. The van der Waals surface area contributed by atoms with Crippen LogP contribution >= 0.6 is 0 Å². The van der Waals surface area contributed by atoms with E-state index in [4.69, 9.17) is 5.73 Å². The zero-order chi connectivity index (χ0) is 9.97. The van der Waals surface area contributed by atoms with Crippen LogP contribution < -0.4 is 11.2 Å². The van der Waals surface area contributed by atoms with Crippen molar-refractivity contribution >= 4 is 6.21 Å². The summed E-state index contributed by atoms with van der Waals surface area (Å²) in [7, 11) is 0. The van der Waals surface area contributed by atoms with Gasteiger partial charge in [0.25, 0.3) is 0 Å². The molecule has 3 heteroatoms. The molecule has 3 N–H and O–H groups in total. The van der Waals surface area contributed by atoms with E-state index in [1.54, 1.807) is 0 Å². The molecule has 4 unspecified atom stereocenters. The van der Waals surface area contributed by atoms with Gasteiger partial charge in [-0.15, -0.1) is 0 Å². The van der Waals surface area contributed by atoms with Crippen LogP contribution in [0.3, 0.4) is 0 Å². The Hall–Kier alpha value is -0.570. The minimum Gasteiger partial charge on any atom is -0.330 e. The lowest BCUT2D eigenvalue weighted by Gasteiger charge is -2.29. The van der Waals surface area contributed by atoms with Crippen LogP contribution in [0.25, 0.3) is 0 Å². The Morgan fingerprint density at radius 2 is 2.36 bits per heavy atom. The van der Waals surface area contributed by atoms with Gasteiger partial charge in [-0.1, -0.05) is 6.92 Å². The van der Waals surface area contributed by atoms with Crippen LogP contribution in [-0.4, -0.2) is 19.3 Å². The quantitative estimate of drug-likeness (QED) is 0.695. The van der Waals surface area contributed by atoms with E-state index in [2.05, 4.69) is 23.7 Å². The number of nitrogens with two attached hydrogens (primary N) is 1. The molecule has 1 fully saturated rings. The lowest BCUT2D eigenvalue weighted by Crippen LogP contribution is -2.33. The van der Waals surface area contributed by atoms with E-state index in [0.717, 1.165) is 30.8 Å². The highest BCUT2D eigenvalue weighted by atomic mass is 15.3. The van der Waals surface area contributed by atoms with E-state index in [-0.39, 0.29) is 0 Å². The summed E-state index contributed by atoms with van der Waals surface area (Å²) in [5.74, 6) is 3.03. The molecule has 2 rings (SSSR count). The van der Waals surface area contributed by atoms with Crippen LogP contribution in [0.15, 0.2) is 5.10 Å². The minimum atomic E-state index is 0.688. The van der Waals surface area contributed by atoms with Crippen molar-refractivity contribution in [2.45, 2.75) is 26.2 Å². The van der Waals surface area contributed by atoms with Crippen molar-refractivity contribution in [2.75, 3.05) is 13.1 Å². The highest BCUT2D eigenvalue weighted by molar-refractivity contribution is 5.62. The highest BCUT2D eigenvalue weighted by Crippen LogP contribution is 2.38. The Morgan fingerprint density at radius 1 is 1.50 bits per heavy atom. The summed E-state index contributed by atoms with van der Waals surface area (Å²) in [5, 5.41) is 4.20. The third-order valence-corrected chi connectivity index (χ3v) is 3.87. The average molecular weight is 195 g/mol. The normalized spacial score (nSPS) is 42.4. The Kier molecular flexibility index (Phi) is 3.06. The van der Waals surface area contributed by atoms with Crippen LogP contribution in [0.4, 0.5) is 0 Å². The van der Waals surface area contributed by atoms with Crippen LogP contribution in [-0.2, 0) is 0 Å². The molecular weight excluding hydrogens is 174 g/mol. The SMILES string of the molecule is CC1CNN=CC1C1CCC(CN)C1. The van der Waals surface area contributed by atoms with Gasteiger partial charge in [0, 0.05) is 18.7 Å². The molecule has 0 aromatic rings. The second kappa shape index (κ2) is 4.30. The van der Waals surface area contributed by atoms with Crippen LogP contribution in [0, 0.1) is 23.7 Å². The van der Waals surface area contributed by atoms with Crippen molar-refractivity contribution in [1.82, 2.24) is 5.43 Å². The Labute approximate surface area is 86.1 Å². The van der Waals surface area contributed by atoms with E-state index in [0.29, 0.717) is 5.92 Å². The highest BCUT2D eigenvalue weighted by Gasteiger charge is 2.33. The second-order valence-corrected chi connectivity index (χ2v) is 4.87. The molecule has 1 heterocycles. The molecule has 4 atom stereocenters. The summed E-state index contributed by atoms with van der Waals surface area (Å²) in [6.45, 7) is 4.22. The fourth-order valence-electron chi connectivity index (χ4n) is 2.88. The van der Waals surface area contributed by atoms with Gasteiger partial charge in [0.1, 0.15) is 0 Å². The van der Waals surface area contributed by atoms with Gasteiger partial charge in [-0.2, -0.15) is 5.10 Å². The summed E-state index contributed by atoms with van der Waals surface area (Å²) < 4.78 is 0. The number of rotatable bonds is 2. The van der Waals surface area contributed by atoms with Gasteiger partial charge in [-0.3, -0.25) is 0 Å². The number of hydrogen-bond donors (Lipinski definition) is 2. The maximum Gasteiger partial charge on any atom is 0.0361 e. The lowest BCUT2D eigenvalue weighted by molar-refractivity contribution is 0.296. The van der Waals surface area contributed by atoms with E-state index < -0.39 is 0 Å². The monoisotopic (exact) mass is 195 g/mol. The molecule has 80 valence electrons. The zero-order valence-electron chi connectivity index (χ0n) is 8.95. The third kappa shape index (κ3) is 1.92. The summed E-state index contributed by atoms with van der Waals surface area (Å²) in [5.41, 5.74) is 8.77. The van der Waals surface area contributed by atoms with Crippen LogP contribution in [0.5, 0.6) is 0 Å². The molecule has 0 bridgehead atoms. The zero-order valence-corrected chi connectivity index (χ0v) is 8.95. The first-order valence-corrected chi connectivity index (χ1v) is 5.77. The standard InChI is InChI=1S/C11H21N3/c1-8-6-13-14-7-11(8)10-3-2-9(4-10)5-12/h7-11,13H,2-6,12H2,1H3. The molecule has 1 saturated carbocycles. The van der Waals surface area contributed by atoms with E-state index in [1.165, 1.54) is 19.3 Å². The maximum absolute atomic E-state index is 5.71. The van der Waals surface area contributed by atoms with E-state index in [9.17, 15) is 0 Å². The molecule has 0 amide bonds. The number of hydrogen-bond acceptors (Lipinski definition) is 3. The molecule has 0 saturated heterocycles. The second-order valence-electron chi connectivity index (χ2n) is 4.87. The van der Waals surface area contributed by atoms with Crippen molar-refractivity contribution in [2.24, 2.45) is 34.5 Å². The maximum atomic E-state index is 5.71. The van der Waals surface area contributed by atoms with Crippen molar-refractivity contribution < 1.29 is 0 Å². The molecule has 1 aliphatic heterocycles. The first-order chi connectivity index (χ1) is 6.81. The fourth-order valence-corrected chi connectivity index (χ4v) is 2.88. The van der Waals surface area contributed by atoms with Crippen molar-refractivity contribution in [1.29, 1.82) is 0 Å². The first-order valence-electron chi connectivity index (χ1n) is 5.77. The van der Waals surface area contributed by atoms with Crippen molar-refractivity contribution in [3.05, 3.63) is 0 Å². The number of nitrogens with zero attached hydrogens (tertiary/aromatic N) is 1. The van der Waals surface area contributed by atoms with E-state index >= 15 is 0 Å². The van der Waals surface area contributed by atoms with Gasteiger partial charge in [-0.05, 0) is 43.6 Å². The summed E-state index contributed by atoms with van der Waals surface area (Å²) >= 11 is 0. The van der Waals surface area contributed by atoms with Crippen LogP contribution in [0.1, 0.15) is 26.2 Å². The van der Waals surface area contributed by atoms with Crippen molar-refractivity contribution in [3.8, 4) is 0 Å². The molecule has 0 aromatic carbocycles. The molecule has 0 aromatic heterocycles. The molecule has 2 aliphatic rings. The van der Waals surface area contributed by atoms with Gasteiger partial charge in [0.15, 0.2) is 0 Å². The molecule has 3 nitrogen and oxygen atoms in total. The summed E-state index contributed by atoms with van der Waals surface area (Å²) in [6.07, 6.45) is 6.11. The van der Waals surface area contributed by atoms with Gasteiger partial charge in [-0.25, -0.2) is 0 Å². The topological polar surface area (TPSA) is 50.4 Å². The van der Waals surface area contributed by atoms with E-state index in [1.807, 2.05) is 0 Å². The molecule has 0 radical (unpaired) electrons. The minimum absolute atomic E-state index is 0.688. The van der Waals surface area contributed by atoms with Crippen LogP contribution in [0.2, 0.25) is 0 Å². The lowest BCUT2D eigenvalue weighted by atomic mass is 9.81. The predicted octanol–water partition coefficient (Wildman–Crippen LogP) is 1.20. The fraction of sp³-hybridized carbons (Fsp3) is 0.909. The summed E-state index contributed by atoms with van der Waals surface area (Å²) in [4.78, 5) is 0. The molecule has 14 heavy (non-hydrogen) atoms. The first kappa shape index (κ1) is 9.97. The average Bonchev–Trinajstić information content (AvgIpc) is 2.67. The molecular formula is C11H21N3. The van der Waals surface area contributed by atoms with Gasteiger partial charge in [0.05, 0.1) is 0 Å². The largest absolute Gasteiger partial charge is 0.330 e.